The number of carbonyl (C=O) groups is 2. The zero-order valence-corrected chi connectivity index (χ0v) is 22.5. The molecule has 2 fully saturated rings. The fraction of sp³-hybridized carbons (Fsp3) is 0.273. The van der Waals surface area contributed by atoms with Crippen LogP contribution in [0.1, 0.15) is 40.5 Å². The SMILES string of the molecule is COc1ccc2[nH]c(C(=O)N3CC(=O)N(Cc4ccc5ccn(C6CC6)c5c4)[C@@H](Cc4ccccc4)C3)cc2c1. The van der Waals surface area contributed by atoms with Crippen LogP contribution in [0.15, 0.2) is 85.1 Å². The van der Waals surface area contributed by atoms with Crippen LogP contribution in [0.5, 0.6) is 5.75 Å². The zero-order valence-electron chi connectivity index (χ0n) is 22.5. The number of carbonyl (C=O) groups excluding carboxylic acids is 2. The Bertz CT molecular complexity index is 1720. The standard InChI is InChI=1S/C33H32N4O3/c1-40-28-11-12-29-25(17-28)18-30(34-29)33(39)35-20-27(15-22-5-3-2-4-6-22)37(32(38)21-35)19-23-7-8-24-13-14-36(26-9-10-26)31(24)16-23/h2-8,11-14,16-18,26-27,34H,9-10,15,19-21H2,1H3/t27-/m0/s1. The fourth-order valence-electron chi connectivity index (χ4n) is 5.99. The Morgan fingerprint density at radius 3 is 2.60 bits per heavy atom. The summed E-state index contributed by atoms with van der Waals surface area (Å²) >= 11 is 0. The van der Waals surface area contributed by atoms with Gasteiger partial charge in [-0.25, -0.2) is 0 Å². The predicted octanol–water partition coefficient (Wildman–Crippen LogP) is 5.56. The molecular weight excluding hydrogens is 500 g/mol. The molecule has 40 heavy (non-hydrogen) atoms. The second kappa shape index (κ2) is 9.90. The van der Waals surface area contributed by atoms with Gasteiger partial charge < -0.3 is 24.1 Å². The molecule has 0 spiro atoms. The van der Waals surface area contributed by atoms with Crippen molar-refractivity contribution >= 4 is 33.6 Å². The van der Waals surface area contributed by atoms with E-state index >= 15 is 0 Å². The number of methoxy groups -OCH3 is 1. The average Bonchev–Trinajstić information content (AvgIpc) is 3.59. The van der Waals surface area contributed by atoms with Crippen molar-refractivity contribution in [3.63, 3.8) is 0 Å². The van der Waals surface area contributed by atoms with Crippen LogP contribution in [0.4, 0.5) is 0 Å². The summed E-state index contributed by atoms with van der Waals surface area (Å²) in [5, 5.41) is 2.13. The van der Waals surface area contributed by atoms with E-state index in [1.807, 2.05) is 47.4 Å². The molecule has 7 heteroatoms. The highest BCUT2D eigenvalue weighted by Gasteiger charge is 2.35. The Balaban J connectivity index is 1.16. The summed E-state index contributed by atoms with van der Waals surface area (Å²) in [6.07, 6.45) is 5.32. The minimum atomic E-state index is -0.162. The highest BCUT2D eigenvalue weighted by Crippen LogP contribution is 2.38. The largest absolute Gasteiger partial charge is 0.497 e. The third-order valence-electron chi connectivity index (χ3n) is 8.26. The molecule has 1 saturated carbocycles. The lowest BCUT2D eigenvalue weighted by Crippen LogP contribution is -2.58. The topological polar surface area (TPSA) is 70.6 Å². The van der Waals surface area contributed by atoms with Crippen LogP contribution in [0.25, 0.3) is 21.8 Å². The van der Waals surface area contributed by atoms with Gasteiger partial charge in [-0.15, -0.1) is 0 Å². The summed E-state index contributed by atoms with van der Waals surface area (Å²) in [5.74, 6) is 0.542. The molecular formula is C33H32N4O3. The molecule has 2 amide bonds. The number of piperazine rings is 1. The number of hydrogen-bond acceptors (Lipinski definition) is 3. The first-order valence-electron chi connectivity index (χ1n) is 13.9. The van der Waals surface area contributed by atoms with Crippen molar-refractivity contribution in [3.8, 4) is 5.75 Å². The number of hydrogen-bond donors (Lipinski definition) is 1. The third-order valence-corrected chi connectivity index (χ3v) is 8.26. The molecule has 1 aliphatic carbocycles. The Morgan fingerprint density at radius 2 is 1.80 bits per heavy atom. The predicted molar refractivity (Wildman–Crippen MR) is 155 cm³/mol. The van der Waals surface area contributed by atoms with E-state index in [9.17, 15) is 9.59 Å². The van der Waals surface area contributed by atoms with Crippen molar-refractivity contribution < 1.29 is 14.3 Å². The molecule has 2 aromatic heterocycles. The van der Waals surface area contributed by atoms with E-state index in [0.717, 1.165) is 27.8 Å². The average molecular weight is 533 g/mol. The maximum atomic E-state index is 13.7. The number of ether oxygens (including phenoxy) is 1. The molecule has 3 heterocycles. The van der Waals surface area contributed by atoms with Gasteiger partial charge >= 0.3 is 0 Å². The van der Waals surface area contributed by atoms with Crippen LogP contribution in [0.2, 0.25) is 0 Å². The van der Waals surface area contributed by atoms with Crippen molar-refractivity contribution in [2.24, 2.45) is 0 Å². The molecule has 0 bridgehead atoms. The van der Waals surface area contributed by atoms with E-state index in [-0.39, 0.29) is 24.4 Å². The molecule has 1 saturated heterocycles. The van der Waals surface area contributed by atoms with E-state index in [2.05, 4.69) is 52.1 Å². The lowest BCUT2D eigenvalue weighted by Gasteiger charge is -2.41. The van der Waals surface area contributed by atoms with Crippen LogP contribution in [-0.4, -0.2) is 57.4 Å². The Morgan fingerprint density at radius 1 is 0.950 bits per heavy atom. The van der Waals surface area contributed by atoms with E-state index in [1.165, 1.54) is 23.7 Å². The summed E-state index contributed by atoms with van der Waals surface area (Å²) in [6, 6.07) is 26.9. The summed E-state index contributed by atoms with van der Waals surface area (Å²) < 4.78 is 7.70. The van der Waals surface area contributed by atoms with Gasteiger partial charge in [0, 0.05) is 41.7 Å². The minimum absolute atomic E-state index is 0.0315. The number of aromatic amines is 1. The van der Waals surface area contributed by atoms with Gasteiger partial charge in [0.2, 0.25) is 5.91 Å². The second-order valence-electron chi connectivity index (χ2n) is 11.0. The fourth-order valence-corrected chi connectivity index (χ4v) is 5.99. The lowest BCUT2D eigenvalue weighted by molar-refractivity contribution is -0.139. The van der Waals surface area contributed by atoms with Crippen molar-refractivity contribution in [3.05, 3.63) is 102 Å². The van der Waals surface area contributed by atoms with Gasteiger partial charge in [0.15, 0.2) is 0 Å². The van der Waals surface area contributed by atoms with Crippen molar-refractivity contribution in [2.45, 2.75) is 37.9 Å². The first kappa shape index (κ1) is 24.5. The first-order valence-corrected chi connectivity index (χ1v) is 13.9. The van der Waals surface area contributed by atoms with E-state index in [0.29, 0.717) is 31.2 Å². The summed E-state index contributed by atoms with van der Waals surface area (Å²) in [7, 11) is 1.63. The lowest BCUT2D eigenvalue weighted by atomic mass is 10.0. The number of H-pyrrole nitrogens is 1. The third kappa shape index (κ3) is 4.62. The van der Waals surface area contributed by atoms with Gasteiger partial charge in [0.05, 0.1) is 13.2 Å². The van der Waals surface area contributed by atoms with Crippen LogP contribution in [0, 0.1) is 0 Å². The molecule has 1 atom stereocenters. The molecule has 0 unspecified atom stereocenters. The maximum absolute atomic E-state index is 13.7. The normalized spacial score (nSPS) is 17.6. The van der Waals surface area contributed by atoms with Crippen molar-refractivity contribution in [2.75, 3.05) is 20.2 Å². The molecule has 1 N–H and O–H groups in total. The second-order valence-corrected chi connectivity index (χ2v) is 11.0. The smallest absolute Gasteiger partial charge is 0.270 e. The number of benzene rings is 3. The number of nitrogens with zero attached hydrogens (tertiary/aromatic N) is 3. The van der Waals surface area contributed by atoms with Crippen LogP contribution < -0.4 is 4.74 Å². The van der Waals surface area contributed by atoms with Gasteiger partial charge in [-0.2, -0.15) is 0 Å². The van der Waals surface area contributed by atoms with Gasteiger partial charge in [-0.05, 0) is 72.2 Å². The van der Waals surface area contributed by atoms with Gasteiger partial charge in [0.1, 0.15) is 18.0 Å². The molecule has 0 radical (unpaired) electrons. The van der Waals surface area contributed by atoms with Crippen LogP contribution in [-0.2, 0) is 17.8 Å². The highest BCUT2D eigenvalue weighted by atomic mass is 16.5. The van der Waals surface area contributed by atoms with Crippen molar-refractivity contribution in [1.82, 2.24) is 19.4 Å². The van der Waals surface area contributed by atoms with Gasteiger partial charge in [0.25, 0.3) is 5.91 Å². The first-order chi connectivity index (χ1) is 19.6. The van der Waals surface area contributed by atoms with Gasteiger partial charge in [-0.1, -0.05) is 42.5 Å². The Hall–Kier alpha value is -4.52. The Kier molecular flexibility index (Phi) is 6.07. The minimum Gasteiger partial charge on any atom is -0.497 e. The van der Waals surface area contributed by atoms with Crippen LogP contribution >= 0.6 is 0 Å². The number of nitrogens with one attached hydrogen (secondary N) is 1. The maximum Gasteiger partial charge on any atom is 0.270 e. The summed E-state index contributed by atoms with van der Waals surface area (Å²) in [6.45, 7) is 1.05. The number of aromatic nitrogens is 2. The summed E-state index contributed by atoms with van der Waals surface area (Å²) in [5.41, 5.74) is 4.84. The number of rotatable bonds is 7. The quantitative estimate of drug-likeness (QED) is 0.298. The molecule has 5 aromatic rings. The van der Waals surface area contributed by atoms with E-state index in [4.69, 9.17) is 4.74 Å². The Labute approximate surface area is 232 Å². The summed E-state index contributed by atoms with van der Waals surface area (Å²) in [4.78, 5) is 34.2. The molecule has 7 nitrogen and oxygen atoms in total. The number of fused-ring (bicyclic) bond motifs is 2. The van der Waals surface area contributed by atoms with Crippen molar-refractivity contribution in [1.29, 1.82) is 0 Å². The molecule has 3 aromatic carbocycles. The van der Waals surface area contributed by atoms with E-state index < -0.39 is 0 Å². The van der Waals surface area contributed by atoms with Gasteiger partial charge in [-0.3, -0.25) is 9.59 Å². The monoisotopic (exact) mass is 532 g/mol. The van der Waals surface area contributed by atoms with Crippen LogP contribution in [0.3, 0.4) is 0 Å². The number of amides is 2. The molecule has 2 aliphatic rings. The van der Waals surface area contributed by atoms with E-state index in [1.54, 1.807) is 12.0 Å². The molecule has 202 valence electrons. The molecule has 1 aliphatic heterocycles. The zero-order chi connectivity index (χ0) is 27.2. The molecule has 7 rings (SSSR count). The highest BCUT2D eigenvalue weighted by molar-refractivity contribution is 6.00.